The molecule has 1 spiro atoms. The van der Waals surface area contributed by atoms with Crippen LogP contribution in [0.5, 0.6) is 0 Å². The lowest BCUT2D eigenvalue weighted by Crippen LogP contribution is -2.33. The summed E-state index contributed by atoms with van der Waals surface area (Å²) in [5.41, 5.74) is 2.00. The maximum absolute atomic E-state index is 12.1. The van der Waals surface area contributed by atoms with E-state index in [4.69, 9.17) is 30.6 Å². The minimum atomic E-state index is -4.84. The number of fused-ring (bicyclic) bond motifs is 1. The van der Waals surface area contributed by atoms with Crippen molar-refractivity contribution in [3.05, 3.63) is 47.5 Å². The quantitative estimate of drug-likeness (QED) is 0.175. The number of anilines is 1. The second kappa shape index (κ2) is 11.8. The number of ether oxygens (including phenoxy) is 1. The van der Waals surface area contributed by atoms with Gasteiger partial charge in [0, 0.05) is 6.54 Å². The third-order valence-corrected chi connectivity index (χ3v) is 12.3. The Labute approximate surface area is 252 Å². The highest BCUT2D eigenvalue weighted by Crippen LogP contribution is 2.56. The molecule has 5 N–H and O–H groups in total. The molecule has 14 nitrogen and oxygen atoms in total. The smallest absolute Gasteiger partial charge is 0.340 e. The van der Waals surface area contributed by atoms with Crippen LogP contribution in [-0.4, -0.2) is 81.8 Å². The zero-order chi connectivity index (χ0) is 30.6. The maximum atomic E-state index is 12.1. The van der Waals surface area contributed by atoms with Crippen molar-refractivity contribution in [3.63, 3.8) is 0 Å². The van der Waals surface area contributed by atoms with E-state index in [0.717, 1.165) is 31.4 Å². The molecule has 3 fully saturated rings. The fourth-order valence-electron chi connectivity index (χ4n) is 6.74. The van der Waals surface area contributed by atoms with Gasteiger partial charge >= 0.3 is 15.2 Å². The Balaban J connectivity index is 1.30. The van der Waals surface area contributed by atoms with Gasteiger partial charge in [-0.25, -0.2) is 4.98 Å². The van der Waals surface area contributed by atoms with Gasteiger partial charge < -0.3 is 39.1 Å². The van der Waals surface area contributed by atoms with E-state index >= 15 is 0 Å². The molecule has 3 aliphatic rings. The van der Waals surface area contributed by atoms with Crippen molar-refractivity contribution >= 4 is 43.8 Å². The van der Waals surface area contributed by atoms with Crippen molar-refractivity contribution in [1.82, 2.24) is 19.5 Å². The normalized spacial score (nSPS) is 29.0. The monoisotopic (exact) mass is 657 g/mol. The van der Waals surface area contributed by atoms with E-state index in [1.54, 1.807) is 0 Å². The zero-order valence-corrected chi connectivity index (χ0v) is 25.6. The van der Waals surface area contributed by atoms with Crippen molar-refractivity contribution in [2.24, 2.45) is 5.41 Å². The second-order valence-electron chi connectivity index (χ2n) is 11.7. The van der Waals surface area contributed by atoms with Gasteiger partial charge in [-0.3, -0.25) is 13.7 Å². The third-order valence-electron chi connectivity index (χ3n) is 8.67. The first kappa shape index (κ1) is 31.0. The van der Waals surface area contributed by atoms with Gasteiger partial charge in [0.1, 0.15) is 18.3 Å². The lowest BCUT2D eigenvalue weighted by atomic mass is 9.72. The first-order valence-electron chi connectivity index (χ1n) is 14.1. The average molecular weight is 658 g/mol. The summed E-state index contributed by atoms with van der Waals surface area (Å²) in [7, 11) is -9.54. The number of imidazole rings is 1. The number of benzene rings is 1. The van der Waals surface area contributed by atoms with Gasteiger partial charge in [-0.2, -0.15) is 9.97 Å². The number of aromatic nitrogens is 4. The predicted molar refractivity (Wildman–Crippen MR) is 156 cm³/mol. The molecule has 0 radical (unpaired) electrons. The summed E-state index contributed by atoms with van der Waals surface area (Å²) < 4.78 is 35.3. The van der Waals surface area contributed by atoms with E-state index in [-0.39, 0.29) is 22.4 Å². The van der Waals surface area contributed by atoms with Gasteiger partial charge in [0.05, 0.1) is 19.0 Å². The van der Waals surface area contributed by atoms with Crippen LogP contribution in [0.4, 0.5) is 5.82 Å². The van der Waals surface area contributed by atoms with Crippen LogP contribution < -0.4 is 4.90 Å². The Morgan fingerprint density at radius 3 is 2.47 bits per heavy atom. The van der Waals surface area contributed by atoms with Crippen LogP contribution in [0.1, 0.15) is 56.4 Å². The molecule has 4 heterocycles. The number of rotatable bonds is 8. The second-order valence-corrected chi connectivity index (χ2v) is 16.1. The number of halogens is 1. The van der Waals surface area contributed by atoms with E-state index in [0.29, 0.717) is 11.3 Å². The van der Waals surface area contributed by atoms with Crippen molar-refractivity contribution in [3.8, 4) is 0 Å². The number of aliphatic hydroxyl groups is 2. The van der Waals surface area contributed by atoms with E-state index < -0.39 is 52.2 Å². The Kier molecular flexibility index (Phi) is 8.49. The van der Waals surface area contributed by atoms with Crippen LogP contribution in [0.25, 0.3) is 11.2 Å². The number of nitrogens with zero attached hydrogens (tertiary/aromatic N) is 5. The maximum Gasteiger partial charge on any atom is 0.340 e. The van der Waals surface area contributed by atoms with Crippen LogP contribution >= 0.6 is 26.8 Å². The zero-order valence-electron chi connectivity index (χ0n) is 23.1. The minimum absolute atomic E-state index is 0.0350. The number of hydrogen-bond acceptors (Lipinski definition) is 10. The van der Waals surface area contributed by atoms with Gasteiger partial charge in [-0.1, -0.05) is 49.6 Å². The molecule has 234 valence electrons. The fourth-order valence-corrected chi connectivity index (χ4v) is 9.47. The molecule has 0 amide bonds. The molecule has 1 aliphatic carbocycles. The number of aliphatic hydroxyl groups excluding tert-OH is 2. The molecule has 6 rings (SSSR count). The summed E-state index contributed by atoms with van der Waals surface area (Å²) in [6.45, 7) is 0.0725. The first-order chi connectivity index (χ1) is 20.3. The summed E-state index contributed by atoms with van der Waals surface area (Å²) in [4.78, 5) is 43.7. The third kappa shape index (κ3) is 6.41. The average Bonchev–Trinajstić information content (AvgIpc) is 3.61. The fraction of sp³-hybridized carbons (Fsp3) is 0.577. The summed E-state index contributed by atoms with van der Waals surface area (Å²) in [5, 5.41) is 21.5. The molecular formula is C26H34ClN5O9P2. The number of hydrogen-bond donors (Lipinski definition) is 5. The van der Waals surface area contributed by atoms with Gasteiger partial charge in [0.15, 0.2) is 29.1 Å². The summed E-state index contributed by atoms with van der Waals surface area (Å²) in [6.07, 6.45) is 2.63. The van der Waals surface area contributed by atoms with E-state index in [1.165, 1.54) is 30.2 Å². The standard InChI is InChI=1S/C26H34ClN5O9P2/c27-25-29-22(31-13-26(9-5-2-6-10-26)11-17(31)16-7-3-1-4-8-16)19-23(30-25)32(14-28-19)24-21(34)20(33)18(41-24)12-40-43(38,39)15-42(35,36)37/h1,3-4,7-8,14,17-18,20-21,24,33-34H,2,5-6,9-13,15H2,(H,38,39)(H2,35,36,37)/t17?,18-,20?,21+,24-/m1/s1. The SMILES string of the molecule is O=P(O)(O)CP(=O)(O)OC[C@H]1O[C@@H](n2cnc3c(N4CC5(CCCCC5)CC4c4ccccc4)nc(Cl)nc32)[C@@H](O)C1O. The van der Waals surface area contributed by atoms with Crippen LogP contribution in [-0.2, 0) is 18.4 Å². The van der Waals surface area contributed by atoms with E-state index in [9.17, 15) is 24.2 Å². The molecule has 2 aliphatic heterocycles. The molecule has 43 heavy (non-hydrogen) atoms. The summed E-state index contributed by atoms with van der Waals surface area (Å²) in [5.74, 6) is -0.836. The Hall–Kier alpha value is -1.96. The van der Waals surface area contributed by atoms with E-state index in [1.807, 2.05) is 18.2 Å². The van der Waals surface area contributed by atoms with Gasteiger partial charge in [-0.15, -0.1) is 0 Å². The first-order valence-corrected chi connectivity index (χ1v) is 18.0. The molecule has 6 atom stereocenters. The van der Waals surface area contributed by atoms with Gasteiger partial charge in [0.25, 0.3) is 0 Å². The van der Waals surface area contributed by atoms with Crippen molar-refractivity contribution < 1.29 is 43.3 Å². The molecule has 17 heteroatoms. The molecule has 1 saturated carbocycles. The summed E-state index contributed by atoms with van der Waals surface area (Å²) in [6, 6.07) is 10.3. The lowest BCUT2D eigenvalue weighted by molar-refractivity contribution is -0.0483. The highest BCUT2D eigenvalue weighted by molar-refractivity contribution is 7.70. The molecule has 2 aromatic heterocycles. The Morgan fingerprint density at radius 2 is 1.77 bits per heavy atom. The van der Waals surface area contributed by atoms with Crippen LogP contribution in [0.3, 0.4) is 0 Å². The molecule has 3 aromatic rings. The Morgan fingerprint density at radius 1 is 1.05 bits per heavy atom. The summed E-state index contributed by atoms with van der Waals surface area (Å²) >= 11 is 6.47. The largest absolute Gasteiger partial charge is 0.387 e. The van der Waals surface area contributed by atoms with Gasteiger partial charge in [0.2, 0.25) is 5.28 Å². The topological polar surface area (TPSA) is 201 Å². The van der Waals surface area contributed by atoms with Crippen LogP contribution in [0.15, 0.2) is 36.7 Å². The molecule has 2 saturated heterocycles. The van der Waals surface area contributed by atoms with E-state index in [2.05, 4.69) is 32.0 Å². The van der Waals surface area contributed by atoms with Gasteiger partial charge in [-0.05, 0) is 41.8 Å². The molecule has 0 bridgehead atoms. The molecule has 3 unspecified atom stereocenters. The van der Waals surface area contributed by atoms with Crippen molar-refractivity contribution in [2.75, 3.05) is 24.0 Å². The van der Waals surface area contributed by atoms with Crippen LogP contribution in [0.2, 0.25) is 5.28 Å². The highest BCUT2D eigenvalue weighted by Gasteiger charge is 2.48. The Bertz CT molecular complexity index is 1570. The molecular weight excluding hydrogens is 624 g/mol. The highest BCUT2D eigenvalue weighted by atomic mass is 35.5. The predicted octanol–water partition coefficient (Wildman–Crippen LogP) is 3.34. The van der Waals surface area contributed by atoms with Crippen molar-refractivity contribution in [1.29, 1.82) is 0 Å². The minimum Gasteiger partial charge on any atom is -0.387 e. The van der Waals surface area contributed by atoms with Crippen LogP contribution in [0, 0.1) is 5.41 Å². The van der Waals surface area contributed by atoms with Crippen molar-refractivity contribution in [2.45, 2.75) is 69.1 Å². The molecule has 1 aromatic carbocycles. The lowest BCUT2D eigenvalue weighted by Gasteiger charge is -2.33.